The molecule has 1 aromatic heterocycles. The van der Waals surface area contributed by atoms with Gasteiger partial charge in [0.15, 0.2) is 0 Å². The van der Waals surface area contributed by atoms with Gasteiger partial charge in [0.05, 0.1) is 0 Å². The molecule has 0 aliphatic heterocycles. The van der Waals surface area contributed by atoms with Crippen LogP contribution in [0.1, 0.15) is 5.56 Å². The Bertz CT molecular complexity index is 398. The van der Waals surface area contributed by atoms with E-state index in [1.807, 2.05) is 42.5 Å². The summed E-state index contributed by atoms with van der Waals surface area (Å²) in [4.78, 5) is 4.27. The van der Waals surface area contributed by atoms with Gasteiger partial charge in [-0.3, -0.25) is 4.98 Å². The molecular weight excluding hydrogens is 353 g/mol. The summed E-state index contributed by atoms with van der Waals surface area (Å²) in [7, 11) is 0. The zero-order valence-corrected chi connectivity index (χ0v) is 9.86. The van der Waals surface area contributed by atoms with Crippen molar-refractivity contribution in [1.29, 1.82) is 0 Å². The molecule has 0 bridgehead atoms. The van der Waals surface area contributed by atoms with Gasteiger partial charge in [-0.2, -0.15) is 18.6 Å². The Labute approximate surface area is 98.5 Å². The second-order valence-electron chi connectivity index (χ2n) is 2.87. The van der Waals surface area contributed by atoms with Gasteiger partial charge in [0, 0.05) is 33.0 Å². The number of nitrogens with zero attached hydrogens (tertiary/aromatic N) is 1. The van der Waals surface area contributed by atoms with Gasteiger partial charge in [-0.25, -0.2) is 0 Å². The van der Waals surface area contributed by atoms with Crippen molar-refractivity contribution in [3.8, 4) is 11.3 Å². The van der Waals surface area contributed by atoms with Crippen LogP contribution in [0.15, 0.2) is 48.7 Å². The number of aromatic nitrogens is 1. The van der Waals surface area contributed by atoms with E-state index in [4.69, 9.17) is 0 Å². The molecule has 2 rings (SSSR count). The molecule has 0 atom stereocenters. The molecular formula is C12H10NPt-. The molecule has 0 aliphatic carbocycles. The van der Waals surface area contributed by atoms with E-state index < -0.39 is 0 Å². The molecule has 14 heavy (non-hydrogen) atoms. The van der Waals surface area contributed by atoms with Crippen molar-refractivity contribution >= 4 is 0 Å². The Morgan fingerprint density at radius 2 is 1.64 bits per heavy atom. The second-order valence-corrected chi connectivity index (χ2v) is 2.87. The van der Waals surface area contributed by atoms with Gasteiger partial charge in [-0.05, 0) is 12.1 Å². The second kappa shape index (κ2) is 4.97. The molecule has 0 N–H and O–H groups in total. The SMILES string of the molecule is [CH2-]c1ccccc1-c1ccccn1.[Pt]. The van der Waals surface area contributed by atoms with Crippen LogP contribution in [-0.4, -0.2) is 4.98 Å². The summed E-state index contributed by atoms with van der Waals surface area (Å²) in [5.74, 6) is 0. The summed E-state index contributed by atoms with van der Waals surface area (Å²) in [6, 6.07) is 13.9. The standard InChI is InChI=1S/C12H10N.Pt/c1-10-6-2-3-7-11(10)12-8-4-5-9-13-12;/h2-9H,1H2;/q-1;. The molecule has 1 aromatic carbocycles. The summed E-state index contributed by atoms with van der Waals surface area (Å²) in [6.07, 6.45) is 1.79. The first-order valence-electron chi connectivity index (χ1n) is 4.20. The van der Waals surface area contributed by atoms with Gasteiger partial charge in [0.2, 0.25) is 0 Å². The third-order valence-corrected chi connectivity index (χ3v) is 1.96. The minimum absolute atomic E-state index is 0. The number of hydrogen-bond donors (Lipinski definition) is 0. The van der Waals surface area contributed by atoms with E-state index in [2.05, 4.69) is 11.9 Å². The number of rotatable bonds is 1. The van der Waals surface area contributed by atoms with Crippen LogP contribution in [0.4, 0.5) is 0 Å². The van der Waals surface area contributed by atoms with E-state index >= 15 is 0 Å². The maximum Gasteiger partial charge on any atom is 0.0262 e. The largest absolute Gasteiger partial charge is 0.270 e. The van der Waals surface area contributed by atoms with Crippen molar-refractivity contribution in [1.82, 2.24) is 4.98 Å². The van der Waals surface area contributed by atoms with Crippen molar-refractivity contribution < 1.29 is 21.1 Å². The van der Waals surface area contributed by atoms with E-state index in [0.717, 1.165) is 16.8 Å². The Morgan fingerprint density at radius 1 is 0.929 bits per heavy atom. The molecule has 2 heteroatoms. The van der Waals surface area contributed by atoms with E-state index in [0.29, 0.717) is 0 Å². The molecule has 0 fully saturated rings. The topological polar surface area (TPSA) is 12.9 Å². The predicted molar refractivity (Wildman–Crippen MR) is 54.1 cm³/mol. The monoisotopic (exact) mass is 363 g/mol. The normalized spacial score (nSPS) is 9.14. The van der Waals surface area contributed by atoms with Crippen LogP contribution in [0.2, 0.25) is 0 Å². The summed E-state index contributed by atoms with van der Waals surface area (Å²) < 4.78 is 0. The van der Waals surface area contributed by atoms with Crippen LogP contribution in [0.25, 0.3) is 11.3 Å². The molecule has 0 unspecified atom stereocenters. The van der Waals surface area contributed by atoms with Gasteiger partial charge in [-0.1, -0.05) is 12.1 Å². The van der Waals surface area contributed by atoms with Gasteiger partial charge >= 0.3 is 0 Å². The fourth-order valence-electron chi connectivity index (χ4n) is 1.29. The van der Waals surface area contributed by atoms with Crippen LogP contribution in [0.3, 0.4) is 0 Å². The minimum atomic E-state index is 0. The fraction of sp³-hybridized carbons (Fsp3) is 0. The average molecular weight is 363 g/mol. The Morgan fingerprint density at radius 3 is 2.29 bits per heavy atom. The summed E-state index contributed by atoms with van der Waals surface area (Å²) >= 11 is 0. The van der Waals surface area contributed by atoms with Crippen LogP contribution in [0, 0.1) is 6.92 Å². The van der Waals surface area contributed by atoms with E-state index in [1.165, 1.54) is 0 Å². The molecule has 0 radical (unpaired) electrons. The van der Waals surface area contributed by atoms with Crippen molar-refractivity contribution in [3.05, 3.63) is 61.1 Å². The molecule has 74 valence electrons. The van der Waals surface area contributed by atoms with E-state index in [9.17, 15) is 0 Å². The smallest absolute Gasteiger partial charge is 0.0262 e. The third-order valence-electron chi connectivity index (χ3n) is 1.96. The maximum atomic E-state index is 4.27. The summed E-state index contributed by atoms with van der Waals surface area (Å²) in [5.41, 5.74) is 3.09. The molecule has 1 nitrogen and oxygen atoms in total. The Hall–Kier alpha value is -1.07. The zero-order valence-electron chi connectivity index (χ0n) is 7.59. The van der Waals surface area contributed by atoms with Crippen LogP contribution in [-0.2, 0) is 21.1 Å². The van der Waals surface area contributed by atoms with E-state index in [-0.39, 0.29) is 21.1 Å². The van der Waals surface area contributed by atoms with Crippen molar-refractivity contribution in [3.63, 3.8) is 0 Å². The maximum absolute atomic E-state index is 4.27. The number of benzene rings is 1. The first-order valence-corrected chi connectivity index (χ1v) is 4.20. The minimum Gasteiger partial charge on any atom is -0.270 e. The predicted octanol–water partition coefficient (Wildman–Crippen LogP) is 2.93. The van der Waals surface area contributed by atoms with Gasteiger partial charge in [-0.15, -0.1) is 17.7 Å². The van der Waals surface area contributed by atoms with Gasteiger partial charge in [0.1, 0.15) is 0 Å². The molecule has 0 amide bonds. The van der Waals surface area contributed by atoms with Crippen molar-refractivity contribution in [2.75, 3.05) is 0 Å². The third kappa shape index (κ3) is 2.24. The number of pyridine rings is 1. The van der Waals surface area contributed by atoms with Gasteiger partial charge in [0.25, 0.3) is 0 Å². The first kappa shape index (κ1) is 11.0. The quantitative estimate of drug-likeness (QED) is 0.710. The molecule has 0 saturated carbocycles. The summed E-state index contributed by atoms with van der Waals surface area (Å²) in [5, 5.41) is 0. The molecule has 0 saturated heterocycles. The molecule has 0 spiro atoms. The van der Waals surface area contributed by atoms with Crippen molar-refractivity contribution in [2.24, 2.45) is 0 Å². The van der Waals surface area contributed by atoms with Crippen LogP contribution < -0.4 is 0 Å². The van der Waals surface area contributed by atoms with Gasteiger partial charge < -0.3 is 0 Å². The van der Waals surface area contributed by atoms with E-state index in [1.54, 1.807) is 6.20 Å². The zero-order chi connectivity index (χ0) is 9.10. The average Bonchev–Trinajstić information content (AvgIpc) is 2.20. The first-order chi connectivity index (χ1) is 6.38. The Kier molecular flexibility index (Phi) is 3.91. The Balaban J connectivity index is 0.000000980. The summed E-state index contributed by atoms with van der Waals surface area (Å²) in [6.45, 7) is 3.96. The molecule has 2 aromatic rings. The van der Waals surface area contributed by atoms with Crippen LogP contribution in [0.5, 0.6) is 0 Å². The van der Waals surface area contributed by atoms with Crippen LogP contribution >= 0.6 is 0 Å². The number of hydrogen-bond acceptors (Lipinski definition) is 1. The molecule has 0 aliphatic rings. The molecule has 1 heterocycles. The fourth-order valence-corrected chi connectivity index (χ4v) is 1.29. The van der Waals surface area contributed by atoms with Crippen molar-refractivity contribution in [2.45, 2.75) is 0 Å².